The largest absolute Gasteiger partial charge is 0.216 e. The van der Waals surface area contributed by atoms with Crippen LogP contribution in [0.5, 0.6) is 0 Å². The van der Waals surface area contributed by atoms with Gasteiger partial charge in [-0.1, -0.05) is 54.1 Å². The third-order valence-electron chi connectivity index (χ3n) is 3.16. The molecule has 0 aromatic heterocycles. The Labute approximate surface area is 131 Å². The van der Waals surface area contributed by atoms with E-state index in [0.29, 0.717) is 5.02 Å². The van der Waals surface area contributed by atoms with Crippen LogP contribution in [0.2, 0.25) is 5.02 Å². The minimum absolute atomic E-state index is 0.0438. The molecule has 0 radical (unpaired) electrons. The number of sulfonamides is 1. The Morgan fingerprint density at radius 2 is 1.71 bits per heavy atom. The van der Waals surface area contributed by atoms with Gasteiger partial charge < -0.3 is 0 Å². The van der Waals surface area contributed by atoms with Gasteiger partial charge in [0.15, 0.2) is 0 Å². The molecular formula is C16H18ClNO2S. The Balaban J connectivity index is 2.19. The van der Waals surface area contributed by atoms with E-state index in [1.165, 1.54) is 0 Å². The van der Waals surface area contributed by atoms with E-state index in [2.05, 4.69) is 4.72 Å². The van der Waals surface area contributed by atoms with E-state index in [0.717, 1.165) is 11.1 Å². The Hall–Kier alpha value is -1.36. The van der Waals surface area contributed by atoms with Crippen molar-refractivity contribution in [2.45, 2.75) is 25.1 Å². The van der Waals surface area contributed by atoms with Crippen LogP contribution in [0, 0.1) is 0 Å². The van der Waals surface area contributed by atoms with Gasteiger partial charge in [0.1, 0.15) is 0 Å². The SMILES string of the molecule is CC(C)(NS(=O)(=O)Cc1ccccc1)c1cccc(Cl)c1. The fourth-order valence-corrected chi connectivity index (χ4v) is 3.94. The minimum Gasteiger partial charge on any atom is -0.212 e. The Morgan fingerprint density at radius 1 is 1.05 bits per heavy atom. The first-order valence-corrected chi connectivity index (χ1v) is 8.63. The first-order chi connectivity index (χ1) is 9.78. The van der Waals surface area contributed by atoms with Crippen molar-refractivity contribution < 1.29 is 8.42 Å². The quantitative estimate of drug-likeness (QED) is 0.912. The first-order valence-electron chi connectivity index (χ1n) is 6.60. The highest BCUT2D eigenvalue weighted by molar-refractivity contribution is 7.88. The van der Waals surface area contributed by atoms with Crippen LogP contribution in [0.1, 0.15) is 25.0 Å². The van der Waals surface area contributed by atoms with Crippen LogP contribution >= 0.6 is 11.6 Å². The lowest BCUT2D eigenvalue weighted by atomic mass is 9.96. The molecule has 0 fully saturated rings. The molecule has 0 atom stereocenters. The predicted molar refractivity (Wildman–Crippen MR) is 86.7 cm³/mol. The topological polar surface area (TPSA) is 46.2 Å². The van der Waals surface area contributed by atoms with Crippen LogP contribution in [0.4, 0.5) is 0 Å². The summed E-state index contributed by atoms with van der Waals surface area (Å²) < 4.78 is 27.4. The monoisotopic (exact) mass is 323 g/mol. The van der Waals surface area contributed by atoms with Gasteiger partial charge in [0.05, 0.1) is 11.3 Å². The molecule has 0 saturated heterocycles. The molecule has 5 heteroatoms. The Morgan fingerprint density at radius 3 is 2.33 bits per heavy atom. The van der Waals surface area contributed by atoms with Crippen molar-refractivity contribution in [3.05, 3.63) is 70.7 Å². The molecule has 21 heavy (non-hydrogen) atoms. The maximum absolute atomic E-state index is 12.3. The molecule has 112 valence electrons. The van der Waals surface area contributed by atoms with E-state index in [1.54, 1.807) is 24.3 Å². The van der Waals surface area contributed by atoms with Gasteiger partial charge in [-0.2, -0.15) is 0 Å². The number of rotatable bonds is 5. The fraction of sp³-hybridized carbons (Fsp3) is 0.250. The van der Waals surface area contributed by atoms with Crippen LogP contribution in [0.25, 0.3) is 0 Å². The molecule has 2 aromatic carbocycles. The fourth-order valence-electron chi connectivity index (χ4n) is 2.15. The van der Waals surface area contributed by atoms with Gasteiger partial charge in [0.2, 0.25) is 10.0 Å². The molecule has 1 N–H and O–H groups in total. The van der Waals surface area contributed by atoms with E-state index >= 15 is 0 Å². The standard InChI is InChI=1S/C16H18ClNO2S/c1-16(2,14-9-6-10-15(17)11-14)18-21(19,20)12-13-7-4-3-5-8-13/h3-11,18H,12H2,1-2H3. The first kappa shape index (κ1) is 16.0. The van der Waals surface area contributed by atoms with E-state index in [9.17, 15) is 8.42 Å². The van der Waals surface area contributed by atoms with Crippen molar-refractivity contribution >= 4 is 21.6 Å². The van der Waals surface area contributed by atoms with Crippen LogP contribution in [0.15, 0.2) is 54.6 Å². The van der Waals surface area contributed by atoms with Gasteiger partial charge in [-0.15, -0.1) is 0 Å². The van der Waals surface area contributed by atoms with Crippen molar-refractivity contribution in [1.29, 1.82) is 0 Å². The predicted octanol–water partition coefficient (Wildman–Crippen LogP) is 3.69. The van der Waals surface area contributed by atoms with Gasteiger partial charge in [-0.05, 0) is 37.1 Å². The van der Waals surface area contributed by atoms with Crippen molar-refractivity contribution in [3.63, 3.8) is 0 Å². The molecule has 0 bridgehead atoms. The van der Waals surface area contributed by atoms with Crippen molar-refractivity contribution in [3.8, 4) is 0 Å². The zero-order valence-electron chi connectivity index (χ0n) is 12.0. The van der Waals surface area contributed by atoms with Crippen LogP contribution in [-0.4, -0.2) is 8.42 Å². The number of hydrogen-bond acceptors (Lipinski definition) is 2. The van der Waals surface area contributed by atoms with Gasteiger partial charge >= 0.3 is 0 Å². The van der Waals surface area contributed by atoms with Crippen LogP contribution in [0.3, 0.4) is 0 Å². The lowest BCUT2D eigenvalue weighted by Crippen LogP contribution is -2.41. The molecule has 0 heterocycles. The molecule has 2 rings (SSSR count). The highest BCUT2D eigenvalue weighted by Crippen LogP contribution is 2.24. The van der Waals surface area contributed by atoms with Gasteiger partial charge in [0, 0.05) is 5.02 Å². The minimum atomic E-state index is -3.45. The van der Waals surface area contributed by atoms with Crippen LogP contribution in [-0.2, 0) is 21.3 Å². The second-order valence-electron chi connectivity index (χ2n) is 5.48. The normalized spacial score (nSPS) is 12.3. The molecule has 0 spiro atoms. The number of halogens is 1. The average molecular weight is 324 g/mol. The molecule has 2 aromatic rings. The molecule has 0 amide bonds. The average Bonchev–Trinajstić information content (AvgIpc) is 2.38. The summed E-state index contributed by atoms with van der Waals surface area (Å²) in [4.78, 5) is 0. The second kappa shape index (κ2) is 6.18. The van der Waals surface area contributed by atoms with Gasteiger partial charge in [-0.25, -0.2) is 13.1 Å². The summed E-state index contributed by atoms with van der Waals surface area (Å²) in [6.07, 6.45) is 0. The lowest BCUT2D eigenvalue weighted by Gasteiger charge is -2.26. The zero-order valence-corrected chi connectivity index (χ0v) is 13.6. The molecule has 0 aliphatic rings. The summed E-state index contributed by atoms with van der Waals surface area (Å²) in [7, 11) is -3.45. The molecule has 3 nitrogen and oxygen atoms in total. The summed E-state index contributed by atoms with van der Waals surface area (Å²) in [5.74, 6) is -0.0438. The third kappa shape index (κ3) is 4.56. The van der Waals surface area contributed by atoms with E-state index in [1.807, 2.05) is 44.2 Å². The van der Waals surface area contributed by atoms with E-state index < -0.39 is 15.6 Å². The van der Waals surface area contributed by atoms with Gasteiger partial charge in [0.25, 0.3) is 0 Å². The van der Waals surface area contributed by atoms with Gasteiger partial charge in [-0.3, -0.25) is 0 Å². The van der Waals surface area contributed by atoms with E-state index in [4.69, 9.17) is 11.6 Å². The maximum atomic E-state index is 12.3. The van der Waals surface area contributed by atoms with Crippen LogP contribution < -0.4 is 4.72 Å². The Bertz CT molecular complexity index is 712. The maximum Gasteiger partial charge on any atom is 0.216 e. The number of hydrogen-bond donors (Lipinski definition) is 1. The highest BCUT2D eigenvalue weighted by atomic mass is 35.5. The summed E-state index contributed by atoms with van der Waals surface area (Å²) in [5.41, 5.74) is 0.858. The summed E-state index contributed by atoms with van der Waals surface area (Å²) in [5, 5.41) is 0.586. The summed E-state index contributed by atoms with van der Waals surface area (Å²) in [6, 6.07) is 16.3. The van der Waals surface area contributed by atoms with Crippen molar-refractivity contribution in [2.24, 2.45) is 0 Å². The second-order valence-corrected chi connectivity index (χ2v) is 7.64. The molecular weight excluding hydrogens is 306 g/mol. The molecule has 0 aliphatic heterocycles. The smallest absolute Gasteiger partial charge is 0.212 e. The summed E-state index contributed by atoms with van der Waals surface area (Å²) >= 11 is 5.97. The lowest BCUT2D eigenvalue weighted by molar-refractivity contribution is 0.471. The number of benzene rings is 2. The van der Waals surface area contributed by atoms with E-state index in [-0.39, 0.29) is 5.75 Å². The molecule has 0 saturated carbocycles. The molecule has 0 unspecified atom stereocenters. The van der Waals surface area contributed by atoms with Crippen molar-refractivity contribution in [2.75, 3.05) is 0 Å². The van der Waals surface area contributed by atoms with Crippen molar-refractivity contribution in [1.82, 2.24) is 4.72 Å². The highest BCUT2D eigenvalue weighted by Gasteiger charge is 2.27. The number of nitrogens with one attached hydrogen (secondary N) is 1. The molecule has 0 aliphatic carbocycles. The Kier molecular flexibility index (Phi) is 4.71. The summed E-state index contributed by atoms with van der Waals surface area (Å²) in [6.45, 7) is 3.64. The zero-order chi connectivity index (χ0) is 15.5. The third-order valence-corrected chi connectivity index (χ3v) is 4.93.